The smallest absolute Gasteiger partial charge is 0.319 e. The van der Waals surface area contributed by atoms with Crippen molar-refractivity contribution in [1.82, 2.24) is 25.1 Å². The third-order valence-corrected chi connectivity index (χ3v) is 7.27. The topological polar surface area (TPSA) is 120 Å². The summed E-state index contributed by atoms with van der Waals surface area (Å²) in [6, 6.07) is 7.72. The van der Waals surface area contributed by atoms with E-state index in [0.29, 0.717) is 50.9 Å². The van der Waals surface area contributed by atoms with Crippen LogP contribution in [0.5, 0.6) is 0 Å². The van der Waals surface area contributed by atoms with Crippen LogP contribution >= 0.6 is 0 Å². The fraction of sp³-hybridized carbons (Fsp3) is 0.519. The predicted molar refractivity (Wildman–Crippen MR) is 142 cm³/mol. The van der Waals surface area contributed by atoms with E-state index in [2.05, 4.69) is 22.5 Å². The fourth-order valence-corrected chi connectivity index (χ4v) is 4.68. The van der Waals surface area contributed by atoms with Crippen molar-refractivity contribution in [3.8, 4) is 11.4 Å². The molecule has 1 aliphatic carbocycles. The largest absolute Gasteiger partial charge is 0.377 e. The van der Waals surface area contributed by atoms with E-state index in [1.165, 1.54) is 6.92 Å². The number of ether oxygens (including phenoxy) is 1. The van der Waals surface area contributed by atoms with Crippen LogP contribution in [0.2, 0.25) is 0 Å². The Labute approximate surface area is 222 Å². The van der Waals surface area contributed by atoms with Crippen LogP contribution < -0.4 is 15.5 Å². The molecule has 38 heavy (non-hydrogen) atoms. The van der Waals surface area contributed by atoms with Crippen LogP contribution in [0.15, 0.2) is 24.3 Å². The number of fused-ring (bicyclic) bond motifs is 1. The maximum Gasteiger partial charge on any atom is 0.319 e. The lowest BCUT2D eigenvalue weighted by atomic mass is 10.1. The number of nitrogens with one attached hydrogen (secondary N) is 2. The Bertz CT molecular complexity index is 1210. The summed E-state index contributed by atoms with van der Waals surface area (Å²) in [7, 11) is 1.70. The zero-order chi connectivity index (χ0) is 26.8. The summed E-state index contributed by atoms with van der Waals surface area (Å²) in [5, 5.41) is 5.78. The minimum atomic E-state index is -0.197. The summed E-state index contributed by atoms with van der Waals surface area (Å²) in [5.41, 5.74) is 3.33. The molecule has 3 heterocycles. The van der Waals surface area contributed by atoms with E-state index >= 15 is 0 Å². The van der Waals surface area contributed by atoms with Gasteiger partial charge in [0.25, 0.3) is 0 Å². The number of amides is 4. The van der Waals surface area contributed by atoms with Gasteiger partial charge in [-0.15, -0.1) is 0 Å². The van der Waals surface area contributed by atoms with E-state index in [4.69, 9.17) is 14.7 Å². The number of carbonyl (C=O) groups excluding carboxylic acids is 3. The highest BCUT2D eigenvalue weighted by atomic mass is 16.5. The Morgan fingerprint density at radius 1 is 1.13 bits per heavy atom. The summed E-state index contributed by atoms with van der Waals surface area (Å²) in [5.74, 6) is 1.34. The predicted octanol–water partition coefficient (Wildman–Crippen LogP) is 2.36. The zero-order valence-electron chi connectivity index (χ0n) is 22.2. The molecule has 0 unspecified atom stereocenters. The summed E-state index contributed by atoms with van der Waals surface area (Å²) in [6.45, 7) is 6.76. The number of carbonyl (C=O) groups is 3. The van der Waals surface area contributed by atoms with Crippen molar-refractivity contribution in [1.29, 1.82) is 0 Å². The Balaban J connectivity index is 1.37. The molecule has 11 heteroatoms. The van der Waals surface area contributed by atoms with Gasteiger partial charge in [-0.3, -0.25) is 9.59 Å². The number of hydrogen-bond acceptors (Lipinski definition) is 7. The normalized spacial score (nSPS) is 18.7. The molecule has 1 aromatic carbocycles. The maximum absolute atomic E-state index is 13.0. The number of benzene rings is 1. The quantitative estimate of drug-likeness (QED) is 0.574. The van der Waals surface area contributed by atoms with Gasteiger partial charge in [-0.25, -0.2) is 14.8 Å². The van der Waals surface area contributed by atoms with Crippen molar-refractivity contribution >= 4 is 29.4 Å². The molecule has 1 aromatic heterocycles. The number of urea groups is 1. The summed E-state index contributed by atoms with van der Waals surface area (Å²) < 4.78 is 5.65. The molecule has 5 rings (SSSR count). The highest BCUT2D eigenvalue weighted by Crippen LogP contribution is 2.34. The van der Waals surface area contributed by atoms with Crippen molar-refractivity contribution in [2.24, 2.45) is 0 Å². The second kappa shape index (κ2) is 10.9. The number of morpholine rings is 1. The number of aromatic nitrogens is 2. The van der Waals surface area contributed by atoms with Gasteiger partial charge >= 0.3 is 6.03 Å². The van der Waals surface area contributed by atoms with Crippen LogP contribution in [-0.2, 0) is 27.4 Å². The molecule has 2 aliphatic heterocycles. The second-order valence-corrected chi connectivity index (χ2v) is 10.3. The van der Waals surface area contributed by atoms with Gasteiger partial charge in [-0.05, 0) is 44.0 Å². The van der Waals surface area contributed by atoms with Gasteiger partial charge in [0.15, 0.2) is 5.82 Å². The molecule has 0 bridgehead atoms. The molecule has 2 aromatic rings. The lowest BCUT2D eigenvalue weighted by Crippen LogP contribution is -2.44. The minimum absolute atomic E-state index is 0.0153. The average molecular weight is 522 g/mol. The molecule has 1 saturated carbocycles. The van der Waals surface area contributed by atoms with E-state index < -0.39 is 0 Å². The van der Waals surface area contributed by atoms with E-state index in [9.17, 15) is 14.4 Å². The number of nitrogens with zero attached hydrogens (tertiary/aromatic N) is 5. The Morgan fingerprint density at radius 2 is 1.89 bits per heavy atom. The molecule has 0 spiro atoms. The van der Waals surface area contributed by atoms with Crippen LogP contribution in [0.1, 0.15) is 44.4 Å². The van der Waals surface area contributed by atoms with Crippen molar-refractivity contribution in [2.45, 2.75) is 58.3 Å². The van der Waals surface area contributed by atoms with Crippen molar-refractivity contribution in [2.75, 3.05) is 43.6 Å². The first-order valence-electron chi connectivity index (χ1n) is 13.2. The van der Waals surface area contributed by atoms with Crippen LogP contribution in [0.3, 0.4) is 0 Å². The summed E-state index contributed by atoms with van der Waals surface area (Å²) in [4.78, 5) is 52.1. The molecular formula is C27H35N7O4. The highest BCUT2D eigenvalue weighted by Gasteiger charge is 2.32. The Kier molecular flexibility index (Phi) is 7.46. The van der Waals surface area contributed by atoms with Gasteiger partial charge in [0.05, 0.1) is 38.0 Å². The Hall–Kier alpha value is -3.73. The van der Waals surface area contributed by atoms with Crippen LogP contribution in [0.4, 0.5) is 16.3 Å². The lowest BCUT2D eigenvalue weighted by Gasteiger charge is -2.35. The molecule has 202 valence electrons. The molecule has 1 atom stereocenters. The molecule has 3 aliphatic rings. The summed E-state index contributed by atoms with van der Waals surface area (Å²) >= 11 is 0. The first kappa shape index (κ1) is 25.9. The first-order valence-corrected chi connectivity index (χ1v) is 13.2. The van der Waals surface area contributed by atoms with Crippen LogP contribution in [-0.4, -0.2) is 83.0 Å². The third kappa shape index (κ3) is 5.88. The van der Waals surface area contributed by atoms with E-state index in [0.717, 1.165) is 35.5 Å². The van der Waals surface area contributed by atoms with Crippen molar-refractivity contribution < 1.29 is 19.1 Å². The van der Waals surface area contributed by atoms with Gasteiger partial charge < -0.3 is 30.1 Å². The van der Waals surface area contributed by atoms with Crippen molar-refractivity contribution in [3.05, 3.63) is 35.5 Å². The summed E-state index contributed by atoms with van der Waals surface area (Å²) in [6.07, 6.45) is 2.33. The average Bonchev–Trinajstić information content (AvgIpc) is 3.60. The van der Waals surface area contributed by atoms with Gasteiger partial charge in [0, 0.05) is 56.3 Å². The van der Waals surface area contributed by atoms with Gasteiger partial charge in [-0.1, -0.05) is 0 Å². The van der Waals surface area contributed by atoms with Crippen LogP contribution in [0.25, 0.3) is 11.4 Å². The SMILES string of the molecule is CC(=O)N(C)CCC(=O)N1Cc2nc(-c3ccc(NC(=O)NC4CC4)cc3)nc(N3CCOC[C@@H]3C)c2C1. The molecule has 2 N–H and O–H groups in total. The van der Waals surface area contributed by atoms with E-state index in [1.807, 2.05) is 24.3 Å². The second-order valence-electron chi connectivity index (χ2n) is 10.3. The third-order valence-electron chi connectivity index (χ3n) is 7.27. The molecule has 4 amide bonds. The lowest BCUT2D eigenvalue weighted by molar-refractivity contribution is -0.133. The maximum atomic E-state index is 13.0. The molecule has 11 nitrogen and oxygen atoms in total. The van der Waals surface area contributed by atoms with Crippen LogP contribution in [0, 0.1) is 0 Å². The standard InChI is InChI=1S/C27H35N7O4/c1-17-16-38-13-12-34(17)26-22-14-33(24(36)10-11-32(3)18(2)35)15-23(22)30-25(31-26)19-4-6-20(7-5-19)28-27(37)29-21-8-9-21/h4-7,17,21H,8-16H2,1-3H3,(H2,28,29,37)/t17-/m0/s1. The van der Waals surface area contributed by atoms with E-state index in [1.54, 1.807) is 16.8 Å². The monoisotopic (exact) mass is 521 g/mol. The minimum Gasteiger partial charge on any atom is -0.377 e. The van der Waals surface area contributed by atoms with Gasteiger partial charge in [-0.2, -0.15) is 0 Å². The molecule has 2 fully saturated rings. The number of hydrogen-bond donors (Lipinski definition) is 2. The van der Waals surface area contributed by atoms with Gasteiger partial charge in [0.2, 0.25) is 11.8 Å². The van der Waals surface area contributed by atoms with E-state index in [-0.39, 0.29) is 36.3 Å². The zero-order valence-corrected chi connectivity index (χ0v) is 22.2. The number of rotatable bonds is 7. The Morgan fingerprint density at radius 3 is 2.58 bits per heavy atom. The molecule has 0 radical (unpaired) electrons. The van der Waals surface area contributed by atoms with Crippen molar-refractivity contribution in [3.63, 3.8) is 0 Å². The fourth-order valence-electron chi connectivity index (χ4n) is 4.68. The number of anilines is 2. The molecule has 1 saturated heterocycles. The first-order chi connectivity index (χ1) is 18.3. The van der Waals surface area contributed by atoms with Gasteiger partial charge in [0.1, 0.15) is 5.82 Å². The molecular weight excluding hydrogens is 486 g/mol. The highest BCUT2D eigenvalue weighted by molar-refractivity contribution is 5.90.